The van der Waals surface area contributed by atoms with Crippen molar-refractivity contribution < 1.29 is 21.7 Å². The summed E-state index contributed by atoms with van der Waals surface area (Å²) in [5, 5.41) is 3.22. The molecule has 5 heteroatoms. The van der Waals surface area contributed by atoms with Crippen molar-refractivity contribution in [3.63, 3.8) is 0 Å². The van der Waals surface area contributed by atoms with Crippen molar-refractivity contribution in [2.24, 2.45) is 5.73 Å². The molecule has 2 nitrogen and oxygen atoms in total. The summed E-state index contributed by atoms with van der Waals surface area (Å²) in [5.74, 6) is 0. The second kappa shape index (κ2) is 9.91. The van der Waals surface area contributed by atoms with Gasteiger partial charge < -0.3 is 11.1 Å². The molecule has 0 saturated carbocycles. The van der Waals surface area contributed by atoms with Gasteiger partial charge in [-0.1, -0.05) is 12.2 Å². The van der Waals surface area contributed by atoms with E-state index in [1.165, 1.54) is 25.9 Å². The standard InChI is InChI=1S/C4H9N.CH3NS2.Ti/c1-2-4-5-3-1;2-1(3)4;/h5H,1-4H2;(H3,2,3,4);. The first-order valence-electron chi connectivity index (χ1n) is 2.92. The predicted molar refractivity (Wildman–Crippen MR) is 47.9 cm³/mol. The molecule has 0 aromatic rings. The smallest absolute Gasteiger partial charge is 0.128 e. The molecule has 1 fully saturated rings. The Labute approximate surface area is 87.6 Å². The molecule has 1 saturated heterocycles. The fraction of sp³-hybridized carbons (Fsp3) is 0.800. The van der Waals surface area contributed by atoms with Crippen molar-refractivity contribution in [2.45, 2.75) is 12.8 Å². The Morgan fingerprint density at radius 2 is 1.70 bits per heavy atom. The summed E-state index contributed by atoms with van der Waals surface area (Å²) < 4.78 is 0.194. The van der Waals surface area contributed by atoms with E-state index in [1.54, 1.807) is 0 Å². The van der Waals surface area contributed by atoms with Crippen molar-refractivity contribution in [1.82, 2.24) is 5.32 Å². The molecule has 0 aliphatic carbocycles. The summed E-state index contributed by atoms with van der Waals surface area (Å²) in [5.41, 5.74) is 4.71. The Morgan fingerprint density at radius 1 is 1.40 bits per heavy atom. The number of nitrogens with two attached hydrogens (primary N) is 1. The van der Waals surface area contributed by atoms with Crippen LogP contribution in [0.4, 0.5) is 0 Å². The van der Waals surface area contributed by atoms with Gasteiger partial charge in [-0.15, -0.1) is 12.6 Å². The molecule has 58 valence electrons. The van der Waals surface area contributed by atoms with Crippen LogP contribution in [0.15, 0.2) is 0 Å². The van der Waals surface area contributed by atoms with Gasteiger partial charge in [-0.25, -0.2) is 0 Å². The fourth-order valence-corrected chi connectivity index (χ4v) is 0.625. The normalized spacial score (nSPS) is 14.5. The summed E-state index contributed by atoms with van der Waals surface area (Å²) in [4.78, 5) is 0. The molecule has 10 heavy (non-hydrogen) atoms. The number of thiol groups is 1. The molecule has 1 aliphatic heterocycles. The molecule has 0 aromatic heterocycles. The van der Waals surface area contributed by atoms with Crippen LogP contribution in [0.25, 0.3) is 0 Å². The van der Waals surface area contributed by atoms with Crippen LogP contribution in [-0.4, -0.2) is 17.4 Å². The third-order valence-electron chi connectivity index (χ3n) is 0.957. The Bertz CT molecular complexity index is 74.1. The summed E-state index contributed by atoms with van der Waals surface area (Å²) in [7, 11) is 0. The van der Waals surface area contributed by atoms with Gasteiger partial charge in [0, 0.05) is 21.7 Å². The number of rotatable bonds is 0. The van der Waals surface area contributed by atoms with Gasteiger partial charge in [0.15, 0.2) is 0 Å². The van der Waals surface area contributed by atoms with Crippen LogP contribution in [0, 0.1) is 0 Å². The minimum atomic E-state index is 0. The summed E-state index contributed by atoms with van der Waals surface area (Å²) in [6.45, 7) is 2.50. The van der Waals surface area contributed by atoms with E-state index in [4.69, 9.17) is 5.73 Å². The van der Waals surface area contributed by atoms with Crippen molar-refractivity contribution in [3.8, 4) is 0 Å². The number of hydrogen-bond donors (Lipinski definition) is 3. The molecule has 0 bridgehead atoms. The van der Waals surface area contributed by atoms with Crippen molar-refractivity contribution in [2.75, 3.05) is 13.1 Å². The molecule has 0 radical (unpaired) electrons. The molecule has 0 atom stereocenters. The van der Waals surface area contributed by atoms with Crippen LogP contribution < -0.4 is 11.1 Å². The van der Waals surface area contributed by atoms with Crippen LogP contribution >= 0.6 is 24.8 Å². The van der Waals surface area contributed by atoms with Gasteiger partial charge in [0.1, 0.15) is 4.32 Å². The third-order valence-corrected chi connectivity index (χ3v) is 0.957. The Hall–Kier alpha value is 0.914. The van der Waals surface area contributed by atoms with Gasteiger partial charge in [0.05, 0.1) is 0 Å². The van der Waals surface area contributed by atoms with Crippen LogP contribution in [0.1, 0.15) is 12.8 Å². The van der Waals surface area contributed by atoms with Crippen LogP contribution in [0.3, 0.4) is 0 Å². The van der Waals surface area contributed by atoms with Crippen LogP contribution in [-0.2, 0) is 21.7 Å². The van der Waals surface area contributed by atoms with Gasteiger partial charge in [0.2, 0.25) is 0 Å². The maximum absolute atomic E-state index is 4.71. The molecule has 1 rings (SSSR count). The first-order chi connectivity index (χ1) is 4.23. The summed E-state index contributed by atoms with van der Waals surface area (Å²) in [6, 6.07) is 0. The molecule has 0 unspecified atom stereocenters. The largest absolute Gasteiger partial charge is 0.385 e. The van der Waals surface area contributed by atoms with Crippen LogP contribution in [0.2, 0.25) is 0 Å². The summed E-state index contributed by atoms with van der Waals surface area (Å²) >= 11 is 7.65. The molecule has 1 aliphatic rings. The van der Waals surface area contributed by atoms with E-state index in [0.29, 0.717) is 0 Å². The van der Waals surface area contributed by atoms with Gasteiger partial charge in [0.25, 0.3) is 0 Å². The van der Waals surface area contributed by atoms with E-state index in [-0.39, 0.29) is 26.0 Å². The average molecular weight is 212 g/mol. The zero-order chi connectivity index (χ0) is 7.11. The first kappa shape index (κ1) is 13.5. The zero-order valence-electron chi connectivity index (χ0n) is 5.76. The van der Waals surface area contributed by atoms with Crippen molar-refractivity contribution in [3.05, 3.63) is 0 Å². The van der Waals surface area contributed by atoms with E-state index in [0.717, 1.165) is 0 Å². The quantitative estimate of drug-likeness (QED) is 0.311. The Kier molecular flexibility index (Phi) is 13.4. The minimum absolute atomic E-state index is 0. The summed E-state index contributed by atoms with van der Waals surface area (Å²) in [6.07, 6.45) is 2.78. The van der Waals surface area contributed by atoms with Gasteiger partial charge >= 0.3 is 0 Å². The zero-order valence-corrected chi connectivity index (χ0v) is 9.03. The second-order valence-corrected chi connectivity index (χ2v) is 3.02. The second-order valence-electron chi connectivity index (χ2n) is 1.80. The molecule has 0 aromatic carbocycles. The van der Waals surface area contributed by atoms with Gasteiger partial charge in [-0.05, 0) is 25.9 Å². The molecule has 1 heterocycles. The van der Waals surface area contributed by atoms with E-state index in [1.807, 2.05) is 0 Å². The predicted octanol–water partition coefficient (Wildman–Crippen LogP) is 0.527. The molecular formula is C5H12N2S2Ti. The Balaban J connectivity index is 0. The number of thiocarbonyl (C=S) groups is 1. The van der Waals surface area contributed by atoms with E-state index in [2.05, 4.69) is 30.2 Å². The molecule has 3 N–H and O–H groups in total. The minimum Gasteiger partial charge on any atom is -0.385 e. The molecule has 0 amide bonds. The van der Waals surface area contributed by atoms with E-state index < -0.39 is 0 Å². The number of hydrogen-bond acceptors (Lipinski definition) is 2. The average Bonchev–Trinajstić information content (AvgIpc) is 2.11. The number of nitrogens with one attached hydrogen (secondary N) is 1. The van der Waals surface area contributed by atoms with Crippen molar-refractivity contribution >= 4 is 29.2 Å². The maximum Gasteiger partial charge on any atom is 0.128 e. The van der Waals surface area contributed by atoms with E-state index in [9.17, 15) is 0 Å². The van der Waals surface area contributed by atoms with Crippen molar-refractivity contribution in [1.29, 1.82) is 0 Å². The van der Waals surface area contributed by atoms with E-state index >= 15 is 0 Å². The fourth-order valence-electron chi connectivity index (χ4n) is 0.625. The third kappa shape index (κ3) is 16.0. The monoisotopic (exact) mass is 212 g/mol. The maximum atomic E-state index is 4.71. The van der Waals surface area contributed by atoms with Gasteiger partial charge in [-0.3, -0.25) is 0 Å². The molecule has 0 spiro atoms. The SMILES string of the molecule is C1CCNC1.NC(=S)S.[Ti]. The first-order valence-corrected chi connectivity index (χ1v) is 3.78. The topological polar surface area (TPSA) is 38.0 Å². The Morgan fingerprint density at radius 3 is 1.80 bits per heavy atom. The molecular weight excluding hydrogens is 200 g/mol. The van der Waals surface area contributed by atoms with Crippen LogP contribution in [0.5, 0.6) is 0 Å². The van der Waals surface area contributed by atoms with Gasteiger partial charge in [-0.2, -0.15) is 0 Å².